The van der Waals surface area contributed by atoms with Gasteiger partial charge < -0.3 is 15.4 Å². The first-order valence-electron chi connectivity index (χ1n) is 6.90. The maximum atomic E-state index is 6.40. The number of methoxy groups -OCH3 is 1. The van der Waals surface area contributed by atoms with E-state index >= 15 is 0 Å². The summed E-state index contributed by atoms with van der Waals surface area (Å²) in [4.78, 5) is 2.36. The molecule has 1 aromatic rings. The summed E-state index contributed by atoms with van der Waals surface area (Å²) in [6.07, 6.45) is 2.43. The summed E-state index contributed by atoms with van der Waals surface area (Å²) in [5, 5.41) is 0.799. The van der Waals surface area contributed by atoms with Crippen molar-refractivity contribution in [3.63, 3.8) is 0 Å². The minimum atomic E-state index is 0.0224. The van der Waals surface area contributed by atoms with Crippen LogP contribution in [0.5, 0.6) is 0 Å². The Hall–Kier alpha value is -0.770. The highest BCUT2D eigenvalue weighted by molar-refractivity contribution is 6.33. The van der Waals surface area contributed by atoms with Crippen LogP contribution in [0, 0.1) is 5.92 Å². The zero-order chi connectivity index (χ0) is 13.8. The third-order valence-corrected chi connectivity index (χ3v) is 4.06. The second-order valence-electron chi connectivity index (χ2n) is 5.41. The topological polar surface area (TPSA) is 38.5 Å². The number of benzene rings is 1. The molecule has 1 aliphatic heterocycles. The predicted molar refractivity (Wildman–Crippen MR) is 80.9 cm³/mol. The van der Waals surface area contributed by atoms with Crippen molar-refractivity contribution >= 4 is 17.3 Å². The molecule has 3 nitrogen and oxygen atoms in total. The van der Waals surface area contributed by atoms with Gasteiger partial charge in [-0.05, 0) is 43.4 Å². The van der Waals surface area contributed by atoms with Gasteiger partial charge in [-0.1, -0.05) is 17.7 Å². The van der Waals surface area contributed by atoms with Gasteiger partial charge in [0, 0.05) is 26.2 Å². The quantitative estimate of drug-likeness (QED) is 0.921. The number of hydrogen-bond acceptors (Lipinski definition) is 3. The number of ether oxygens (including phenoxy) is 1. The number of rotatable bonds is 4. The van der Waals surface area contributed by atoms with Crippen LogP contribution >= 0.6 is 11.6 Å². The molecule has 1 unspecified atom stereocenters. The van der Waals surface area contributed by atoms with Gasteiger partial charge >= 0.3 is 0 Å². The molecule has 2 atom stereocenters. The van der Waals surface area contributed by atoms with Gasteiger partial charge in [-0.2, -0.15) is 0 Å². The van der Waals surface area contributed by atoms with Crippen molar-refractivity contribution in [1.82, 2.24) is 0 Å². The first kappa shape index (κ1) is 14.6. The normalized spacial score (nSPS) is 21.5. The number of piperidine rings is 1. The Bertz CT molecular complexity index is 421. The summed E-state index contributed by atoms with van der Waals surface area (Å²) in [5.41, 5.74) is 8.08. The molecule has 0 radical (unpaired) electrons. The van der Waals surface area contributed by atoms with E-state index in [1.54, 1.807) is 7.11 Å². The molecule has 4 heteroatoms. The Kier molecular flexibility index (Phi) is 5.08. The molecular weight excluding hydrogens is 260 g/mol. The second kappa shape index (κ2) is 6.60. The summed E-state index contributed by atoms with van der Waals surface area (Å²) < 4.78 is 5.27. The zero-order valence-corrected chi connectivity index (χ0v) is 12.5. The molecule has 1 saturated heterocycles. The summed E-state index contributed by atoms with van der Waals surface area (Å²) in [6.45, 7) is 4.88. The molecule has 1 aliphatic rings. The molecule has 2 rings (SSSR count). The number of halogens is 1. The van der Waals surface area contributed by atoms with Crippen molar-refractivity contribution in [3.8, 4) is 0 Å². The van der Waals surface area contributed by atoms with Crippen molar-refractivity contribution in [3.05, 3.63) is 28.8 Å². The molecule has 0 aliphatic carbocycles. The van der Waals surface area contributed by atoms with E-state index in [4.69, 9.17) is 22.1 Å². The monoisotopic (exact) mass is 282 g/mol. The minimum absolute atomic E-state index is 0.0224. The van der Waals surface area contributed by atoms with Gasteiger partial charge in [0.2, 0.25) is 0 Å². The SMILES string of the molecule is COCC1CCCN(c2ccc([C@H](C)N)cc2Cl)C1. The third-order valence-electron chi connectivity index (χ3n) is 3.76. The maximum Gasteiger partial charge on any atom is 0.0642 e. The first-order valence-corrected chi connectivity index (χ1v) is 7.28. The van der Waals surface area contributed by atoms with Gasteiger partial charge in [-0.25, -0.2) is 0 Å². The molecule has 0 amide bonds. The van der Waals surface area contributed by atoms with Crippen LogP contribution in [0.2, 0.25) is 5.02 Å². The summed E-state index contributed by atoms with van der Waals surface area (Å²) in [5.74, 6) is 0.600. The Morgan fingerprint density at radius 3 is 2.95 bits per heavy atom. The van der Waals surface area contributed by atoms with Crippen LogP contribution < -0.4 is 10.6 Å². The molecular formula is C15H23ClN2O. The largest absolute Gasteiger partial charge is 0.384 e. The molecule has 0 aromatic heterocycles. The van der Waals surface area contributed by atoms with E-state index in [0.29, 0.717) is 5.92 Å². The van der Waals surface area contributed by atoms with E-state index in [1.807, 2.05) is 13.0 Å². The third kappa shape index (κ3) is 3.62. The predicted octanol–water partition coefficient (Wildman–Crippen LogP) is 3.22. The average molecular weight is 283 g/mol. The first-order chi connectivity index (χ1) is 9.11. The Labute approximate surface area is 120 Å². The Balaban J connectivity index is 2.12. The number of hydrogen-bond donors (Lipinski definition) is 1. The van der Waals surface area contributed by atoms with Gasteiger partial charge in [-0.3, -0.25) is 0 Å². The minimum Gasteiger partial charge on any atom is -0.384 e. The van der Waals surface area contributed by atoms with Crippen LogP contribution in [0.1, 0.15) is 31.4 Å². The standard InChI is InChI=1S/C15H23ClN2O/c1-11(17)13-5-6-15(14(16)8-13)18-7-3-4-12(9-18)10-19-2/h5-6,8,11-12H,3-4,7,9-10,17H2,1-2H3/t11-,12?/m0/s1. The maximum absolute atomic E-state index is 6.40. The molecule has 1 fully saturated rings. The van der Waals surface area contributed by atoms with Crippen LogP contribution in [0.4, 0.5) is 5.69 Å². The summed E-state index contributed by atoms with van der Waals surface area (Å²) in [7, 11) is 1.77. The van der Waals surface area contributed by atoms with Crippen LogP contribution in [0.3, 0.4) is 0 Å². The van der Waals surface area contributed by atoms with Crippen molar-refractivity contribution < 1.29 is 4.74 Å². The van der Waals surface area contributed by atoms with Crippen molar-refractivity contribution in [1.29, 1.82) is 0 Å². The molecule has 1 heterocycles. The Morgan fingerprint density at radius 1 is 1.53 bits per heavy atom. The number of nitrogens with two attached hydrogens (primary N) is 1. The lowest BCUT2D eigenvalue weighted by Gasteiger charge is -2.34. The average Bonchev–Trinajstić information content (AvgIpc) is 2.39. The highest BCUT2D eigenvalue weighted by Crippen LogP contribution is 2.31. The molecule has 2 N–H and O–H groups in total. The van der Waals surface area contributed by atoms with E-state index in [9.17, 15) is 0 Å². The molecule has 19 heavy (non-hydrogen) atoms. The van der Waals surface area contributed by atoms with Gasteiger partial charge in [-0.15, -0.1) is 0 Å². The molecule has 0 bridgehead atoms. The number of anilines is 1. The number of nitrogens with zero attached hydrogens (tertiary/aromatic N) is 1. The van der Waals surface area contributed by atoms with E-state index in [0.717, 1.165) is 36.0 Å². The van der Waals surface area contributed by atoms with Gasteiger partial charge in [0.25, 0.3) is 0 Å². The highest BCUT2D eigenvalue weighted by atomic mass is 35.5. The summed E-state index contributed by atoms with van der Waals surface area (Å²) >= 11 is 6.40. The lowest BCUT2D eigenvalue weighted by atomic mass is 9.98. The van der Waals surface area contributed by atoms with E-state index in [2.05, 4.69) is 17.0 Å². The van der Waals surface area contributed by atoms with Gasteiger partial charge in [0.05, 0.1) is 17.3 Å². The smallest absolute Gasteiger partial charge is 0.0642 e. The second-order valence-corrected chi connectivity index (χ2v) is 5.82. The van der Waals surface area contributed by atoms with Crippen LogP contribution in [-0.2, 0) is 4.74 Å². The molecule has 0 spiro atoms. The van der Waals surface area contributed by atoms with E-state index < -0.39 is 0 Å². The van der Waals surface area contributed by atoms with Crippen LogP contribution in [0.15, 0.2) is 18.2 Å². The fourth-order valence-electron chi connectivity index (χ4n) is 2.72. The summed E-state index contributed by atoms with van der Waals surface area (Å²) in [6, 6.07) is 6.18. The van der Waals surface area contributed by atoms with Crippen molar-refractivity contribution in [2.75, 3.05) is 31.7 Å². The van der Waals surface area contributed by atoms with Gasteiger partial charge in [0.1, 0.15) is 0 Å². The highest BCUT2D eigenvalue weighted by Gasteiger charge is 2.21. The van der Waals surface area contributed by atoms with Crippen molar-refractivity contribution in [2.45, 2.75) is 25.8 Å². The lowest BCUT2D eigenvalue weighted by Crippen LogP contribution is -2.37. The van der Waals surface area contributed by atoms with Crippen molar-refractivity contribution in [2.24, 2.45) is 11.7 Å². The van der Waals surface area contributed by atoms with Crippen LogP contribution in [-0.4, -0.2) is 26.8 Å². The Morgan fingerprint density at radius 2 is 2.32 bits per heavy atom. The molecule has 1 aromatic carbocycles. The van der Waals surface area contributed by atoms with Gasteiger partial charge in [0.15, 0.2) is 0 Å². The fourth-order valence-corrected chi connectivity index (χ4v) is 3.03. The van der Waals surface area contributed by atoms with E-state index in [1.165, 1.54) is 12.8 Å². The van der Waals surface area contributed by atoms with E-state index in [-0.39, 0.29) is 6.04 Å². The molecule has 0 saturated carbocycles. The molecule has 106 valence electrons. The van der Waals surface area contributed by atoms with Crippen LogP contribution in [0.25, 0.3) is 0 Å². The zero-order valence-electron chi connectivity index (χ0n) is 11.7. The lowest BCUT2D eigenvalue weighted by molar-refractivity contribution is 0.143. The fraction of sp³-hybridized carbons (Fsp3) is 0.600.